The average molecular weight is 325 g/mol. The lowest BCUT2D eigenvalue weighted by molar-refractivity contribution is 0.0498. The molecule has 0 N–H and O–H groups in total. The van der Waals surface area contributed by atoms with Gasteiger partial charge >= 0.3 is 0 Å². The molecule has 1 unspecified atom stereocenters. The SMILES string of the molecule is CCOCC1CCCN(C(=O)c2ccccc2S(C)(=O)=O)C1. The number of benzene rings is 1. The molecule has 1 aliphatic heterocycles. The largest absolute Gasteiger partial charge is 0.381 e. The predicted molar refractivity (Wildman–Crippen MR) is 84.7 cm³/mol. The fourth-order valence-corrected chi connectivity index (χ4v) is 3.69. The van der Waals surface area contributed by atoms with Crippen LogP contribution in [0.2, 0.25) is 0 Å². The van der Waals surface area contributed by atoms with Gasteiger partial charge in [0, 0.05) is 26.0 Å². The van der Waals surface area contributed by atoms with E-state index in [0.29, 0.717) is 32.2 Å². The van der Waals surface area contributed by atoms with Crippen LogP contribution in [0.3, 0.4) is 0 Å². The maximum Gasteiger partial charge on any atom is 0.255 e. The van der Waals surface area contributed by atoms with E-state index in [-0.39, 0.29) is 16.4 Å². The highest BCUT2D eigenvalue weighted by molar-refractivity contribution is 7.90. The molecule has 1 fully saturated rings. The first-order valence-electron chi connectivity index (χ1n) is 7.59. The third-order valence-corrected chi connectivity index (χ3v) is 5.04. The standard InChI is InChI=1S/C16H23NO4S/c1-3-21-12-13-7-6-10-17(11-13)16(18)14-8-4-5-9-15(14)22(2,19)20/h4-5,8-9,13H,3,6-7,10-12H2,1-2H3. The molecule has 2 rings (SSSR count). The summed E-state index contributed by atoms with van der Waals surface area (Å²) in [7, 11) is -3.42. The smallest absolute Gasteiger partial charge is 0.255 e. The van der Waals surface area contributed by atoms with Crippen LogP contribution < -0.4 is 0 Å². The van der Waals surface area contributed by atoms with Crippen molar-refractivity contribution in [3.63, 3.8) is 0 Å². The van der Waals surface area contributed by atoms with E-state index in [9.17, 15) is 13.2 Å². The summed E-state index contributed by atoms with van der Waals surface area (Å²) in [4.78, 5) is 14.6. The zero-order valence-electron chi connectivity index (χ0n) is 13.1. The molecule has 1 heterocycles. The first-order valence-corrected chi connectivity index (χ1v) is 9.48. The molecule has 1 atom stereocenters. The van der Waals surface area contributed by atoms with Crippen molar-refractivity contribution < 1.29 is 17.9 Å². The molecule has 1 saturated heterocycles. The summed E-state index contributed by atoms with van der Waals surface area (Å²) < 4.78 is 29.2. The summed E-state index contributed by atoms with van der Waals surface area (Å²) in [6.07, 6.45) is 3.09. The quantitative estimate of drug-likeness (QED) is 0.830. The van der Waals surface area contributed by atoms with E-state index in [1.54, 1.807) is 23.1 Å². The number of piperidine rings is 1. The van der Waals surface area contributed by atoms with Gasteiger partial charge in [-0.05, 0) is 37.8 Å². The van der Waals surface area contributed by atoms with Gasteiger partial charge in [-0.2, -0.15) is 0 Å². The second kappa shape index (κ2) is 7.24. The van der Waals surface area contributed by atoms with Crippen molar-refractivity contribution in [1.82, 2.24) is 4.90 Å². The van der Waals surface area contributed by atoms with Crippen molar-refractivity contribution in [2.75, 3.05) is 32.6 Å². The van der Waals surface area contributed by atoms with Crippen LogP contribution in [0.15, 0.2) is 29.2 Å². The number of likely N-dealkylation sites (tertiary alicyclic amines) is 1. The summed E-state index contributed by atoms with van der Waals surface area (Å²) in [5.41, 5.74) is 0.266. The summed E-state index contributed by atoms with van der Waals surface area (Å²) in [5, 5.41) is 0. The minimum absolute atomic E-state index is 0.104. The molecule has 22 heavy (non-hydrogen) atoms. The molecular weight excluding hydrogens is 302 g/mol. The lowest BCUT2D eigenvalue weighted by Gasteiger charge is -2.33. The fourth-order valence-electron chi connectivity index (χ4n) is 2.81. The summed E-state index contributed by atoms with van der Waals surface area (Å²) in [6, 6.07) is 6.42. The molecule has 1 aromatic rings. The Kier molecular flexibility index (Phi) is 5.58. The molecule has 0 aromatic heterocycles. The number of carbonyl (C=O) groups excluding carboxylic acids is 1. The molecule has 0 spiro atoms. The first-order chi connectivity index (χ1) is 10.4. The first kappa shape index (κ1) is 17.0. The van der Waals surface area contributed by atoms with Crippen LogP contribution in [0.5, 0.6) is 0 Å². The van der Waals surface area contributed by atoms with E-state index in [1.165, 1.54) is 6.07 Å². The number of amides is 1. The number of hydrogen-bond acceptors (Lipinski definition) is 4. The number of nitrogens with zero attached hydrogens (tertiary/aromatic N) is 1. The normalized spacial score (nSPS) is 19.2. The number of ether oxygens (including phenoxy) is 1. The van der Waals surface area contributed by atoms with E-state index in [4.69, 9.17) is 4.74 Å². The van der Waals surface area contributed by atoms with Gasteiger partial charge in [0.15, 0.2) is 9.84 Å². The predicted octanol–water partition coefficient (Wildman–Crippen LogP) is 1.98. The molecule has 0 aliphatic carbocycles. The lowest BCUT2D eigenvalue weighted by atomic mass is 9.98. The van der Waals surface area contributed by atoms with Crippen LogP contribution in [-0.2, 0) is 14.6 Å². The highest BCUT2D eigenvalue weighted by Gasteiger charge is 2.27. The van der Waals surface area contributed by atoms with E-state index < -0.39 is 9.84 Å². The minimum atomic E-state index is -3.42. The van der Waals surface area contributed by atoms with E-state index >= 15 is 0 Å². The molecule has 122 valence electrons. The van der Waals surface area contributed by atoms with Crippen molar-refractivity contribution in [2.45, 2.75) is 24.7 Å². The third kappa shape index (κ3) is 4.08. The van der Waals surface area contributed by atoms with Gasteiger partial charge in [-0.15, -0.1) is 0 Å². The third-order valence-electron chi connectivity index (χ3n) is 3.88. The van der Waals surface area contributed by atoms with Crippen molar-refractivity contribution in [1.29, 1.82) is 0 Å². The maximum absolute atomic E-state index is 12.7. The van der Waals surface area contributed by atoms with Crippen molar-refractivity contribution >= 4 is 15.7 Å². The number of hydrogen-bond donors (Lipinski definition) is 0. The highest BCUT2D eigenvalue weighted by Crippen LogP contribution is 2.22. The second-order valence-electron chi connectivity index (χ2n) is 5.69. The maximum atomic E-state index is 12.7. The Morgan fingerprint density at radius 1 is 1.36 bits per heavy atom. The summed E-state index contributed by atoms with van der Waals surface area (Å²) in [5.74, 6) is 0.116. The fraction of sp³-hybridized carbons (Fsp3) is 0.562. The van der Waals surface area contributed by atoms with Gasteiger partial charge in [0.25, 0.3) is 5.91 Å². The molecular formula is C16H23NO4S. The summed E-state index contributed by atoms with van der Waals surface area (Å²) >= 11 is 0. The molecule has 1 aromatic carbocycles. The van der Waals surface area contributed by atoms with E-state index in [2.05, 4.69) is 0 Å². The monoisotopic (exact) mass is 325 g/mol. The Morgan fingerprint density at radius 3 is 2.77 bits per heavy atom. The van der Waals surface area contributed by atoms with Gasteiger partial charge in [-0.25, -0.2) is 8.42 Å². The lowest BCUT2D eigenvalue weighted by Crippen LogP contribution is -2.41. The van der Waals surface area contributed by atoms with Gasteiger partial charge < -0.3 is 9.64 Å². The number of rotatable bonds is 5. The Balaban J connectivity index is 2.18. The topological polar surface area (TPSA) is 63.7 Å². The van der Waals surface area contributed by atoms with Gasteiger partial charge in [-0.3, -0.25) is 4.79 Å². The Hall–Kier alpha value is -1.40. The van der Waals surface area contributed by atoms with E-state index in [1.807, 2.05) is 6.92 Å². The second-order valence-corrected chi connectivity index (χ2v) is 7.67. The van der Waals surface area contributed by atoms with Crippen LogP contribution >= 0.6 is 0 Å². The number of sulfone groups is 1. The van der Waals surface area contributed by atoms with E-state index in [0.717, 1.165) is 19.1 Å². The summed E-state index contributed by atoms with van der Waals surface area (Å²) in [6.45, 7) is 4.56. The molecule has 1 aliphatic rings. The zero-order valence-corrected chi connectivity index (χ0v) is 13.9. The average Bonchev–Trinajstić information content (AvgIpc) is 2.51. The van der Waals surface area contributed by atoms with Gasteiger partial charge in [0.05, 0.1) is 17.1 Å². The Bertz CT molecular complexity index is 627. The molecule has 0 bridgehead atoms. The van der Waals surface area contributed by atoms with Crippen LogP contribution in [0.4, 0.5) is 0 Å². The number of carbonyl (C=O) groups is 1. The highest BCUT2D eigenvalue weighted by atomic mass is 32.2. The Morgan fingerprint density at radius 2 is 2.09 bits per heavy atom. The molecule has 1 amide bonds. The van der Waals surface area contributed by atoms with Gasteiger partial charge in [0.1, 0.15) is 0 Å². The molecule has 0 radical (unpaired) electrons. The molecule has 0 saturated carbocycles. The molecule has 6 heteroatoms. The van der Waals surface area contributed by atoms with Crippen molar-refractivity contribution in [3.8, 4) is 0 Å². The van der Waals surface area contributed by atoms with Gasteiger partial charge in [0.2, 0.25) is 0 Å². The van der Waals surface area contributed by atoms with Crippen LogP contribution in [-0.4, -0.2) is 51.8 Å². The Labute approximate surface area is 132 Å². The molecule has 5 nitrogen and oxygen atoms in total. The zero-order chi connectivity index (χ0) is 16.2. The van der Waals surface area contributed by atoms with Crippen molar-refractivity contribution in [3.05, 3.63) is 29.8 Å². The van der Waals surface area contributed by atoms with Crippen molar-refractivity contribution in [2.24, 2.45) is 5.92 Å². The van der Waals surface area contributed by atoms with Gasteiger partial charge in [-0.1, -0.05) is 12.1 Å². The van der Waals surface area contributed by atoms with Crippen LogP contribution in [0.1, 0.15) is 30.1 Å². The minimum Gasteiger partial charge on any atom is -0.381 e. The van der Waals surface area contributed by atoms with Crippen LogP contribution in [0.25, 0.3) is 0 Å². The van der Waals surface area contributed by atoms with Crippen LogP contribution in [0, 0.1) is 5.92 Å².